The summed E-state index contributed by atoms with van der Waals surface area (Å²) >= 11 is 0. The zero-order valence-corrected chi connectivity index (χ0v) is 10.9. The van der Waals surface area contributed by atoms with Crippen LogP contribution in [-0.2, 0) is 6.42 Å². The normalized spacial score (nSPS) is 20.2. The van der Waals surface area contributed by atoms with Crippen molar-refractivity contribution in [1.82, 2.24) is 10.3 Å². The third kappa shape index (κ3) is 2.54. The topological polar surface area (TPSA) is 24.9 Å². The van der Waals surface area contributed by atoms with Gasteiger partial charge < -0.3 is 5.32 Å². The predicted octanol–water partition coefficient (Wildman–Crippen LogP) is 3.09. The number of rotatable bonds is 2. The Bertz CT molecular complexity index is 542. The molecule has 1 aliphatic heterocycles. The second kappa shape index (κ2) is 5.07. The molecule has 1 atom stereocenters. The number of aryl methyl sites for hydroxylation is 1. The Morgan fingerprint density at radius 1 is 1.28 bits per heavy atom. The monoisotopic (exact) mass is 240 g/mol. The van der Waals surface area contributed by atoms with Crippen LogP contribution in [0.25, 0.3) is 10.9 Å². The maximum Gasteiger partial charge on any atom is 0.0705 e. The second-order valence-corrected chi connectivity index (χ2v) is 5.40. The number of fused-ring (bicyclic) bond motifs is 1. The molecule has 1 unspecified atom stereocenters. The lowest BCUT2D eigenvalue weighted by atomic mass is 9.92. The van der Waals surface area contributed by atoms with Gasteiger partial charge in [-0.1, -0.05) is 12.1 Å². The summed E-state index contributed by atoms with van der Waals surface area (Å²) in [6.07, 6.45) is 3.87. The van der Waals surface area contributed by atoms with Crippen LogP contribution in [0.1, 0.15) is 24.1 Å². The first-order valence-electron chi connectivity index (χ1n) is 6.88. The fourth-order valence-corrected chi connectivity index (χ4v) is 2.84. The Labute approximate surface area is 108 Å². The number of hydrogen-bond acceptors (Lipinski definition) is 2. The van der Waals surface area contributed by atoms with Crippen LogP contribution >= 0.6 is 0 Å². The number of aromatic nitrogens is 1. The van der Waals surface area contributed by atoms with Gasteiger partial charge >= 0.3 is 0 Å². The van der Waals surface area contributed by atoms with Gasteiger partial charge in [0, 0.05) is 11.1 Å². The quantitative estimate of drug-likeness (QED) is 0.872. The van der Waals surface area contributed by atoms with Crippen LogP contribution in [0.15, 0.2) is 30.3 Å². The summed E-state index contributed by atoms with van der Waals surface area (Å²) in [4.78, 5) is 4.55. The van der Waals surface area contributed by atoms with Crippen molar-refractivity contribution in [3.63, 3.8) is 0 Å². The first-order valence-corrected chi connectivity index (χ1v) is 6.88. The smallest absolute Gasteiger partial charge is 0.0705 e. The van der Waals surface area contributed by atoms with Gasteiger partial charge in [0.15, 0.2) is 0 Å². The lowest BCUT2D eigenvalue weighted by Crippen LogP contribution is -2.30. The number of piperidine rings is 1. The summed E-state index contributed by atoms with van der Waals surface area (Å²) in [5, 5.41) is 4.75. The molecule has 0 aliphatic carbocycles. The van der Waals surface area contributed by atoms with Crippen molar-refractivity contribution in [3.05, 3.63) is 41.6 Å². The van der Waals surface area contributed by atoms with Gasteiger partial charge in [-0.2, -0.15) is 0 Å². The molecule has 1 aliphatic rings. The summed E-state index contributed by atoms with van der Waals surface area (Å²) in [5.74, 6) is 0.801. The van der Waals surface area contributed by atoms with Crippen LogP contribution in [-0.4, -0.2) is 18.1 Å². The van der Waals surface area contributed by atoms with Gasteiger partial charge in [-0.25, -0.2) is 0 Å². The van der Waals surface area contributed by atoms with E-state index in [0.29, 0.717) is 0 Å². The van der Waals surface area contributed by atoms with Gasteiger partial charge in [-0.15, -0.1) is 0 Å². The molecule has 3 rings (SSSR count). The van der Waals surface area contributed by atoms with E-state index >= 15 is 0 Å². The van der Waals surface area contributed by atoms with Crippen molar-refractivity contribution in [1.29, 1.82) is 0 Å². The van der Waals surface area contributed by atoms with E-state index in [1.54, 1.807) is 0 Å². The molecule has 94 valence electrons. The molecule has 2 aromatic rings. The molecule has 1 aromatic carbocycles. The SMILES string of the molecule is Cc1ccc2cc(CC3CCCNC3)ccc2n1. The molecule has 18 heavy (non-hydrogen) atoms. The molecule has 0 bridgehead atoms. The molecule has 0 amide bonds. The second-order valence-electron chi connectivity index (χ2n) is 5.40. The zero-order valence-electron chi connectivity index (χ0n) is 10.9. The minimum Gasteiger partial charge on any atom is -0.316 e. The average Bonchev–Trinajstić information content (AvgIpc) is 2.40. The van der Waals surface area contributed by atoms with E-state index in [1.807, 2.05) is 6.92 Å². The van der Waals surface area contributed by atoms with E-state index in [-0.39, 0.29) is 0 Å². The lowest BCUT2D eigenvalue weighted by Gasteiger charge is -2.22. The maximum absolute atomic E-state index is 4.55. The van der Waals surface area contributed by atoms with Crippen LogP contribution in [0.2, 0.25) is 0 Å². The minimum atomic E-state index is 0.801. The Morgan fingerprint density at radius 2 is 2.22 bits per heavy atom. The van der Waals surface area contributed by atoms with E-state index in [0.717, 1.165) is 17.1 Å². The van der Waals surface area contributed by atoms with Crippen LogP contribution in [0.4, 0.5) is 0 Å². The number of pyridine rings is 1. The molecule has 1 aromatic heterocycles. The van der Waals surface area contributed by atoms with Gasteiger partial charge in [0.25, 0.3) is 0 Å². The molecular formula is C16H20N2. The van der Waals surface area contributed by atoms with Gasteiger partial charge in [0.2, 0.25) is 0 Å². The molecular weight excluding hydrogens is 220 g/mol. The highest BCUT2D eigenvalue weighted by Gasteiger charge is 2.13. The standard InChI is InChI=1S/C16H20N2/c1-12-4-6-15-10-13(5-7-16(15)18-12)9-14-3-2-8-17-11-14/h4-7,10,14,17H,2-3,8-9,11H2,1H3. The first-order chi connectivity index (χ1) is 8.81. The van der Waals surface area contributed by atoms with E-state index < -0.39 is 0 Å². The third-order valence-electron chi connectivity index (χ3n) is 3.82. The number of hydrogen-bond donors (Lipinski definition) is 1. The van der Waals surface area contributed by atoms with E-state index in [1.165, 1.54) is 43.3 Å². The molecule has 2 nitrogen and oxygen atoms in total. The van der Waals surface area contributed by atoms with Crippen molar-refractivity contribution in [2.75, 3.05) is 13.1 Å². The van der Waals surface area contributed by atoms with E-state index in [4.69, 9.17) is 0 Å². The van der Waals surface area contributed by atoms with Crippen LogP contribution in [0, 0.1) is 12.8 Å². The Morgan fingerprint density at radius 3 is 3.06 bits per heavy atom. The zero-order chi connectivity index (χ0) is 12.4. The van der Waals surface area contributed by atoms with Crippen molar-refractivity contribution < 1.29 is 0 Å². The van der Waals surface area contributed by atoms with Crippen LogP contribution in [0.5, 0.6) is 0 Å². The highest BCUT2D eigenvalue weighted by atomic mass is 14.9. The van der Waals surface area contributed by atoms with Gasteiger partial charge in [-0.05, 0) is 69.0 Å². The molecule has 2 heterocycles. The third-order valence-corrected chi connectivity index (χ3v) is 3.82. The predicted molar refractivity (Wildman–Crippen MR) is 75.8 cm³/mol. The van der Waals surface area contributed by atoms with Crippen molar-refractivity contribution in [2.24, 2.45) is 5.92 Å². The summed E-state index contributed by atoms with van der Waals surface area (Å²) in [6, 6.07) is 11.0. The highest BCUT2D eigenvalue weighted by Crippen LogP contribution is 2.20. The molecule has 1 N–H and O–H groups in total. The lowest BCUT2D eigenvalue weighted by molar-refractivity contribution is 0.376. The fraction of sp³-hybridized carbons (Fsp3) is 0.438. The number of nitrogens with one attached hydrogen (secondary N) is 1. The summed E-state index contributed by atoms with van der Waals surface area (Å²) in [6.45, 7) is 4.41. The first kappa shape index (κ1) is 11.7. The molecule has 0 saturated carbocycles. The van der Waals surface area contributed by atoms with Crippen molar-refractivity contribution in [3.8, 4) is 0 Å². The van der Waals surface area contributed by atoms with Gasteiger partial charge in [0.05, 0.1) is 5.52 Å². The minimum absolute atomic E-state index is 0.801. The van der Waals surface area contributed by atoms with Gasteiger partial charge in [0.1, 0.15) is 0 Å². The average molecular weight is 240 g/mol. The Balaban J connectivity index is 1.82. The van der Waals surface area contributed by atoms with E-state index in [9.17, 15) is 0 Å². The Kier molecular flexibility index (Phi) is 3.28. The molecule has 2 heteroatoms. The largest absolute Gasteiger partial charge is 0.316 e. The maximum atomic E-state index is 4.55. The Hall–Kier alpha value is -1.41. The van der Waals surface area contributed by atoms with Crippen molar-refractivity contribution >= 4 is 10.9 Å². The van der Waals surface area contributed by atoms with E-state index in [2.05, 4.69) is 40.6 Å². The fourth-order valence-electron chi connectivity index (χ4n) is 2.84. The van der Waals surface area contributed by atoms with Crippen LogP contribution < -0.4 is 5.32 Å². The van der Waals surface area contributed by atoms with Crippen molar-refractivity contribution in [2.45, 2.75) is 26.2 Å². The summed E-state index contributed by atoms with van der Waals surface area (Å²) < 4.78 is 0. The highest BCUT2D eigenvalue weighted by molar-refractivity contribution is 5.79. The molecule has 1 saturated heterocycles. The number of benzene rings is 1. The summed E-state index contributed by atoms with van der Waals surface area (Å²) in [7, 11) is 0. The molecule has 0 radical (unpaired) electrons. The summed E-state index contributed by atoms with van der Waals surface area (Å²) in [5.41, 5.74) is 3.65. The van der Waals surface area contributed by atoms with Crippen LogP contribution in [0.3, 0.4) is 0 Å². The van der Waals surface area contributed by atoms with Gasteiger partial charge in [-0.3, -0.25) is 4.98 Å². The number of nitrogens with zero attached hydrogens (tertiary/aromatic N) is 1. The molecule has 1 fully saturated rings. The molecule has 0 spiro atoms.